The largest absolute Gasteiger partial charge is 0.271 e. The van der Waals surface area contributed by atoms with Crippen molar-refractivity contribution < 1.29 is 4.39 Å². The third-order valence-electron chi connectivity index (χ3n) is 1.88. The SMILES string of the molecule is C#CCC(CSc1ccccc1F)NN. The maximum Gasteiger partial charge on any atom is 0.136 e. The van der Waals surface area contributed by atoms with Crippen molar-refractivity contribution in [3.8, 4) is 12.3 Å². The van der Waals surface area contributed by atoms with Crippen LogP contribution in [-0.4, -0.2) is 11.8 Å². The molecule has 1 aromatic carbocycles. The molecule has 0 saturated heterocycles. The van der Waals surface area contributed by atoms with Crippen molar-refractivity contribution in [2.75, 3.05) is 5.75 Å². The molecule has 1 unspecified atom stereocenters. The monoisotopic (exact) mass is 224 g/mol. The molecule has 4 heteroatoms. The molecule has 15 heavy (non-hydrogen) atoms. The molecule has 0 radical (unpaired) electrons. The molecule has 80 valence electrons. The Morgan fingerprint density at radius 2 is 2.27 bits per heavy atom. The highest BCUT2D eigenvalue weighted by Crippen LogP contribution is 2.22. The fourth-order valence-electron chi connectivity index (χ4n) is 1.06. The number of thioether (sulfide) groups is 1. The van der Waals surface area contributed by atoms with E-state index in [4.69, 9.17) is 12.3 Å². The van der Waals surface area contributed by atoms with Crippen molar-refractivity contribution in [2.45, 2.75) is 17.4 Å². The zero-order valence-corrected chi connectivity index (χ0v) is 9.06. The van der Waals surface area contributed by atoms with Gasteiger partial charge in [0.1, 0.15) is 5.82 Å². The summed E-state index contributed by atoms with van der Waals surface area (Å²) in [5.74, 6) is 8.27. The molecule has 3 N–H and O–H groups in total. The second-order valence-corrected chi connectivity index (χ2v) is 4.08. The van der Waals surface area contributed by atoms with Crippen LogP contribution in [0.1, 0.15) is 6.42 Å². The Morgan fingerprint density at radius 1 is 1.53 bits per heavy atom. The van der Waals surface area contributed by atoms with Crippen molar-refractivity contribution in [1.29, 1.82) is 0 Å². The lowest BCUT2D eigenvalue weighted by molar-refractivity contribution is 0.587. The fourth-order valence-corrected chi connectivity index (χ4v) is 2.04. The number of benzene rings is 1. The number of nitrogens with two attached hydrogens (primary N) is 1. The van der Waals surface area contributed by atoms with Crippen LogP contribution in [0.2, 0.25) is 0 Å². The van der Waals surface area contributed by atoms with Gasteiger partial charge >= 0.3 is 0 Å². The van der Waals surface area contributed by atoms with E-state index in [-0.39, 0.29) is 11.9 Å². The van der Waals surface area contributed by atoms with Crippen molar-refractivity contribution in [3.63, 3.8) is 0 Å². The van der Waals surface area contributed by atoms with E-state index in [2.05, 4.69) is 11.3 Å². The second kappa shape index (κ2) is 6.46. The topological polar surface area (TPSA) is 38.0 Å². The first-order valence-corrected chi connectivity index (χ1v) is 5.53. The predicted molar refractivity (Wildman–Crippen MR) is 61.7 cm³/mol. The van der Waals surface area contributed by atoms with Gasteiger partial charge in [-0.25, -0.2) is 4.39 Å². The minimum absolute atomic E-state index is 0.0135. The van der Waals surface area contributed by atoms with E-state index in [0.29, 0.717) is 17.1 Å². The molecule has 2 nitrogen and oxygen atoms in total. The Labute approximate surface area is 93.4 Å². The number of rotatable bonds is 5. The van der Waals surface area contributed by atoms with Gasteiger partial charge in [0, 0.05) is 23.1 Å². The lowest BCUT2D eigenvalue weighted by Crippen LogP contribution is -2.36. The van der Waals surface area contributed by atoms with Crippen molar-refractivity contribution in [3.05, 3.63) is 30.1 Å². The highest BCUT2D eigenvalue weighted by Gasteiger charge is 2.07. The molecule has 1 rings (SSSR count). The molecule has 0 aliphatic carbocycles. The van der Waals surface area contributed by atoms with Gasteiger partial charge in [0.05, 0.1) is 0 Å². The van der Waals surface area contributed by atoms with Crippen LogP contribution in [0.25, 0.3) is 0 Å². The van der Waals surface area contributed by atoms with E-state index in [1.54, 1.807) is 18.2 Å². The summed E-state index contributed by atoms with van der Waals surface area (Å²) in [6.07, 6.45) is 5.71. The van der Waals surface area contributed by atoms with Crippen LogP contribution in [0.3, 0.4) is 0 Å². The van der Waals surface area contributed by atoms with Gasteiger partial charge in [-0.15, -0.1) is 24.1 Å². The molecule has 0 aliphatic heterocycles. The maximum absolute atomic E-state index is 13.2. The van der Waals surface area contributed by atoms with E-state index in [9.17, 15) is 4.39 Å². The van der Waals surface area contributed by atoms with E-state index in [1.165, 1.54) is 17.8 Å². The van der Waals surface area contributed by atoms with Gasteiger partial charge in [-0.1, -0.05) is 12.1 Å². The number of hydrazine groups is 1. The lowest BCUT2D eigenvalue weighted by Gasteiger charge is -2.12. The Hall–Kier alpha value is -1.02. The Morgan fingerprint density at radius 3 is 2.87 bits per heavy atom. The summed E-state index contributed by atoms with van der Waals surface area (Å²) in [7, 11) is 0. The zero-order chi connectivity index (χ0) is 11.1. The normalized spacial score (nSPS) is 12.1. The molecule has 0 amide bonds. The number of hydrogen-bond acceptors (Lipinski definition) is 3. The van der Waals surface area contributed by atoms with Crippen LogP contribution in [0.4, 0.5) is 4.39 Å². The summed E-state index contributed by atoms with van der Waals surface area (Å²) >= 11 is 1.41. The third-order valence-corrected chi connectivity index (χ3v) is 3.09. The molecule has 0 aliphatic rings. The van der Waals surface area contributed by atoms with Crippen LogP contribution in [-0.2, 0) is 0 Å². The number of terminal acetylenes is 1. The molecule has 0 heterocycles. The van der Waals surface area contributed by atoms with Crippen LogP contribution in [0, 0.1) is 18.2 Å². The maximum atomic E-state index is 13.2. The molecule has 1 atom stereocenters. The first-order chi connectivity index (χ1) is 7.27. The van der Waals surface area contributed by atoms with Gasteiger partial charge in [0.15, 0.2) is 0 Å². The molecule has 0 bridgehead atoms. The first-order valence-electron chi connectivity index (χ1n) is 4.55. The molecule has 1 aromatic rings. The van der Waals surface area contributed by atoms with Gasteiger partial charge in [-0.05, 0) is 12.1 Å². The van der Waals surface area contributed by atoms with Crippen molar-refractivity contribution >= 4 is 11.8 Å². The van der Waals surface area contributed by atoms with Crippen molar-refractivity contribution in [2.24, 2.45) is 5.84 Å². The Balaban J connectivity index is 2.49. The van der Waals surface area contributed by atoms with Crippen LogP contribution in [0.15, 0.2) is 29.2 Å². The predicted octanol–water partition coefficient (Wildman–Crippen LogP) is 1.77. The van der Waals surface area contributed by atoms with Crippen LogP contribution in [0.5, 0.6) is 0 Å². The molecule has 0 aromatic heterocycles. The summed E-state index contributed by atoms with van der Waals surface area (Å²) in [4.78, 5) is 0.620. The standard InChI is InChI=1S/C11H13FN2S/c1-2-5-9(14-13)8-15-11-7-4-3-6-10(11)12/h1,3-4,6-7,9,14H,5,8,13H2. The minimum atomic E-state index is -0.209. The average molecular weight is 224 g/mol. The van der Waals surface area contributed by atoms with Gasteiger partial charge in [-0.2, -0.15) is 0 Å². The minimum Gasteiger partial charge on any atom is -0.271 e. The third kappa shape index (κ3) is 3.92. The highest BCUT2D eigenvalue weighted by molar-refractivity contribution is 7.99. The smallest absolute Gasteiger partial charge is 0.136 e. The quantitative estimate of drug-likeness (QED) is 0.346. The Bertz CT molecular complexity index is 349. The van der Waals surface area contributed by atoms with Gasteiger partial charge < -0.3 is 0 Å². The fraction of sp³-hybridized carbons (Fsp3) is 0.273. The molecule has 0 spiro atoms. The van der Waals surface area contributed by atoms with Gasteiger partial charge in [0.25, 0.3) is 0 Å². The van der Waals surface area contributed by atoms with Crippen molar-refractivity contribution in [1.82, 2.24) is 5.43 Å². The molecule has 0 saturated carbocycles. The van der Waals surface area contributed by atoms with Crippen LogP contribution < -0.4 is 11.3 Å². The number of halogens is 1. The van der Waals surface area contributed by atoms with E-state index < -0.39 is 0 Å². The van der Waals surface area contributed by atoms with Crippen LogP contribution >= 0.6 is 11.8 Å². The Kier molecular flexibility index (Phi) is 5.19. The summed E-state index contributed by atoms with van der Waals surface area (Å²) in [6, 6.07) is 6.66. The summed E-state index contributed by atoms with van der Waals surface area (Å²) in [5.41, 5.74) is 2.61. The van der Waals surface area contributed by atoms with Gasteiger partial charge in [0.2, 0.25) is 0 Å². The molecular weight excluding hydrogens is 211 g/mol. The average Bonchev–Trinajstić information content (AvgIpc) is 2.26. The summed E-state index contributed by atoms with van der Waals surface area (Å²) in [5, 5.41) is 0. The lowest BCUT2D eigenvalue weighted by atomic mass is 10.3. The molecule has 0 fully saturated rings. The van der Waals surface area contributed by atoms with E-state index in [0.717, 1.165) is 0 Å². The number of nitrogens with one attached hydrogen (secondary N) is 1. The molecular formula is C11H13FN2S. The number of hydrogen-bond donors (Lipinski definition) is 2. The second-order valence-electron chi connectivity index (χ2n) is 3.01. The van der Waals surface area contributed by atoms with E-state index >= 15 is 0 Å². The summed E-state index contributed by atoms with van der Waals surface area (Å²) < 4.78 is 13.2. The van der Waals surface area contributed by atoms with E-state index in [1.807, 2.05) is 0 Å². The van der Waals surface area contributed by atoms with Gasteiger partial charge in [-0.3, -0.25) is 11.3 Å². The highest BCUT2D eigenvalue weighted by atomic mass is 32.2. The zero-order valence-electron chi connectivity index (χ0n) is 8.24. The summed E-state index contributed by atoms with van der Waals surface area (Å²) in [6.45, 7) is 0. The first kappa shape index (κ1) is 12.1.